The van der Waals surface area contributed by atoms with Crippen molar-refractivity contribution in [2.75, 3.05) is 60.1 Å². The maximum absolute atomic E-state index is 5.79. The summed E-state index contributed by atoms with van der Waals surface area (Å²) in [5.41, 5.74) is 1.35. The van der Waals surface area contributed by atoms with Gasteiger partial charge in [0.25, 0.3) is 0 Å². The largest absolute Gasteiger partial charge is 0.497 e. The number of nitrogens with one attached hydrogen (secondary N) is 1. The number of likely N-dealkylation sites (N-methyl/N-ethyl adjacent to an activating group) is 1. The van der Waals surface area contributed by atoms with Crippen LogP contribution in [0.25, 0.3) is 0 Å². The number of likely N-dealkylation sites (tertiary alicyclic amines) is 1. The summed E-state index contributed by atoms with van der Waals surface area (Å²) in [6.45, 7) is 9.84. The molecule has 3 rings (SSSR count). The molecular weight excluding hydrogens is 503 g/mol. The maximum atomic E-state index is 5.79. The van der Waals surface area contributed by atoms with E-state index in [0.29, 0.717) is 5.92 Å². The Kier molecular flexibility index (Phi) is 12.0. The molecule has 1 heterocycles. The van der Waals surface area contributed by atoms with Crippen molar-refractivity contribution in [1.82, 2.24) is 15.1 Å². The first-order valence-corrected chi connectivity index (χ1v) is 11.6. The molecule has 1 aliphatic heterocycles. The summed E-state index contributed by atoms with van der Waals surface area (Å²) < 4.78 is 11.0. The molecule has 2 aliphatic rings. The van der Waals surface area contributed by atoms with Crippen LogP contribution in [0.15, 0.2) is 29.3 Å². The van der Waals surface area contributed by atoms with E-state index in [1.54, 1.807) is 7.11 Å². The molecule has 0 unspecified atom stereocenters. The predicted octanol–water partition coefficient (Wildman–Crippen LogP) is 3.85. The van der Waals surface area contributed by atoms with Gasteiger partial charge in [-0.25, -0.2) is 0 Å². The smallest absolute Gasteiger partial charge is 0.193 e. The lowest BCUT2D eigenvalue weighted by Crippen LogP contribution is -2.41. The average molecular weight is 545 g/mol. The third-order valence-electron chi connectivity index (χ3n) is 6.09. The molecular formula is C24H41IN4O2. The molecule has 0 atom stereocenters. The second-order valence-corrected chi connectivity index (χ2v) is 8.70. The van der Waals surface area contributed by atoms with Crippen LogP contribution in [0.4, 0.5) is 0 Å². The topological polar surface area (TPSA) is 49.3 Å². The van der Waals surface area contributed by atoms with Crippen LogP contribution in [0.3, 0.4) is 0 Å². The number of piperidine rings is 1. The van der Waals surface area contributed by atoms with Crippen LogP contribution in [-0.4, -0.2) is 75.9 Å². The highest BCUT2D eigenvalue weighted by Gasteiger charge is 2.21. The van der Waals surface area contributed by atoms with Crippen LogP contribution in [-0.2, 0) is 11.3 Å². The number of hydrogen-bond donors (Lipinski definition) is 1. The number of ether oxygens (including phenoxy) is 2. The van der Waals surface area contributed by atoms with Crippen molar-refractivity contribution in [3.8, 4) is 5.75 Å². The molecule has 1 N–H and O–H groups in total. The van der Waals surface area contributed by atoms with Gasteiger partial charge in [0.2, 0.25) is 0 Å². The Morgan fingerprint density at radius 1 is 1.13 bits per heavy atom. The Bertz CT molecular complexity index is 643. The third kappa shape index (κ3) is 9.53. The van der Waals surface area contributed by atoms with Crippen molar-refractivity contribution in [3.05, 3.63) is 29.8 Å². The quantitative estimate of drug-likeness (QED) is 0.199. The van der Waals surface area contributed by atoms with E-state index in [0.717, 1.165) is 70.1 Å². The molecule has 1 aromatic carbocycles. The number of aliphatic imine (C=N–C) groups is 1. The Hall–Kier alpha value is -1.06. The molecule has 1 saturated carbocycles. The Balaban J connectivity index is 0.00000341. The zero-order valence-electron chi connectivity index (χ0n) is 19.5. The fourth-order valence-corrected chi connectivity index (χ4v) is 3.84. The molecule has 0 amide bonds. The highest BCUT2D eigenvalue weighted by atomic mass is 127. The number of methoxy groups -OCH3 is 1. The monoisotopic (exact) mass is 544 g/mol. The van der Waals surface area contributed by atoms with Gasteiger partial charge in [-0.1, -0.05) is 12.1 Å². The molecule has 0 spiro atoms. The normalized spacial score (nSPS) is 17.8. The molecule has 6 nitrogen and oxygen atoms in total. The Morgan fingerprint density at radius 3 is 2.45 bits per heavy atom. The minimum atomic E-state index is 0. The van der Waals surface area contributed by atoms with Gasteiger partial charge in [0, 0.05) is 39.8 Å². The number of nitrogens with zero attached hydrogens (tertiary/aromatic N) is 3. The predicted molar refractivity (Wildman–Crippen MR) is 139 cm³/mol. The zero-order chi connectivity index (χ0) is 21.2. The maximum Gasteiger partial charge on any atom is 0.193 e. The summed E-state index contributed by atoms with van der Waals surface area (Å²) in [4.78, 5) is 9.69. The van der Waals surface area contributed by atoms with E-state index in [1.807, 2.05) is 12.1 Å². The van der Waals surface area contributed by atoms with Crippen molar-refractivity contribution in [2.24, 2.45) is 16.8 Å². The zero-order valence-corrected chi connectivity index (χ0v) is 21.8. The second kappa shape index (κ2) is 14.2. The van der Waals surface area contributed by atoms with E-state index >= 15 is 0 Å². The average Bonchev–Trinajstić information content (AvgIpc) is 3.60. The summed E-state index contributed by atoms with van der Waals surface area (Å²) in [6.07, 6.45) is 5.12. The number of rotatable bonds is 11. The highest BCUT2D eigenvalue weighted by Crippen LogP contribution is 2.28. The summed E-state index contributed by atoms with van der Waals surface area (Å²) in [7, 11) is 3.82. The molecule has 0 aromatic heterocycles. The van der Waals surface area contributed by atoms with Gasteiger partial charge in [-0.3, -0.25) is 9.89 Å². The number of guanidine groups is 1. The second-order valence-electron chi connectivity index (χ2n) is 8.70. The molecule has 1 aliphatic carbocycles. The van der Waals surface area contributed by atoms with Crippen molar-refractivity contribution in [3.63, 3.8) is 0 Å². The van der Waals surface area contributed by atoms with Gasteiger partial charge in [0.15, 0.2) is 5.96 Å². The summed E-state index contributed by atoms with van der Waals surface area (Å²) in [5, 5.41) is 3.43. The molecule has 7 heteroatoms. The van der Waals surface area contributed by atoms with E-state index in [9.17, 15) is 0 Å². The Morgan fingerprint density at radius 2 is 1.84 bits per heavy atom. The molecule has 176 valence electrons. The van der Waals surface area contributed by atoms with E-state index in [-0.39, 0.29) is 24.0 Å². The van der Waals surface area contributed by atoms with Crippen LogP contribution in [0.1, 0.15) is 38.2 Å². The van der Waals surface area contributed by atoms with Gasteiger partial charge in [-0.15, -0.1) is 24.0 Å². The lowest BCUT2D eigenvalue weighted by Gasteiger charge is -2.31. The van der Waals surface area contributed by atoms with E-state index in [4.69, 9.17) is 14.5 Å². The standard InChI is InChI=1S/C24H40N4O2.HI/c1-4-25-24(27(2)15-16-30-19-22-5-6-22)26-17-20-11-13-28(14-12-20)18-21-7-9-23(29-3)10-8-21;/h7-10,20,22H,4-6,11-19H2,1-3H3,(H,25,26);1H. The minimum absolute atomic E-state index is 0. The Labute approximate surface area is 205 Å². The molecule has 1 aromatic rings. The number of halogens is 1. The third-order valence-corrected chi connectivity index (χ3v) is 6.09. The number of hydrogen-bond acceptors (Lipinski definition) is 4. The van der Waals surface area contributed by atoms with Crippen LogP contribution in [0, 0.1) is 11.8 Å². The van der Waals surface area contributed by atoms with Gasteiger partial charge < -0.3 is 19.7 Å². The van der Waals surface area contributed by atoms with E-state index < -0.39 is 0 Å². The molecule has 1 saturated heterocycles. The minimum Gasteiger partial charge on any atom is -0.497 e. The fourth-order valence-electron chi connectivity index (χ4n) is 3.84. The lowest BCUT2D eigenvalue weighted by atomic mass is 9.96. The number of benzene rings is 1. The van der Waals surface area contributed by atoms with E-state index in [1.165, 1.54) is 31.2 Å². The molecule has 31 heavy (non-hydrogen) atoms. The summed E-state index contributed by atoms with van der Waals surface area (Å²) >= 11 is 0. The van der Waals surface area contributed by atoms with E-state index in [2.05, 4.69) is 41.2 Å². The van der Waals surface area contributed by atoms with Gasteiger partial charge in [-0.2, -0.15) is 0 Å². The van der Waals surface area contributed by atoms with Crippen molar-refractivity contribution in [1.29, 1.82) is 0 Å². The van der Waals surface area contributed by atoms with Crippen LogP contribution in [0.2, 0.25) is 0 Å². The van der Waals surface area contributed by atoms with Crippen LogP contribution in [0.5, 0.6) is 5.75 Å². The van der Waals surface area contributed by atoms with Crippen LogP contribution >= 0.6 is 24.0 Å². The fraction of sp³-hybridized carbons (Fsp3) is 0.708. The molecule has 0 radical (unpaired) electrons. The summed E-state index contributed by atoms with van der Waals surface area (Å²) in [6, 6.07) is 8.43. The highest BCUT2D eigenvalue weighted by molar-refractivity contribution is 14.0. The van der Waals surface area contributed by atoms with Gasteiger partial charge >= 0.3 is 0 Å². The molecule has 2 fully saturated rings. The SMILES string of the molecule is CCNC(=NCC1CCN(Cc2ccc(OC)cc2)CC1)N(C)CCOCC1CC1.I. The van der Waals surface area contributed by atoms with Gasteiger partial charge in [-0.05, 0) is 75.2 Å². The van der Waals surface area contributed by atoms with Crippen molar-refractivity contribution < 1.29 is 9.47 Å². The lowest BCUT2D eigenvalue weighted by molar-refractivity contribution is 0.115. The molecule has 0 bridgehead atoms. The van der Waals surface area contributed by atoms with Crippen molar-refractivity contribution in [2.45, 2.75) is 39.2 Å². The van der Waals surface area contributed by atoms with Gasteiger partial charge in [0.05, 0.1) is 13.7 Å². The first-order valence-electron chi connectivity index (χ1n) is 11.6. The summed E-state index contributed by atoms with van der Waals surface area (Å²) in [5.74, 6) is 3.43. The van der Waals surface area contributed by atoms with Crippen molar-refractivity contribution >= 4 is 29.9 Å². The first kappa shape index (κ1) is 26.2. The van der Waals surface area contributed by atoms with Crippen LogP contribution < -0.4 is 10.1 Å². The van der Waals surface area contributed by atoms with Gasteiger partial charge in [0.1, 0.15) is 5.75 Å². The first-order chi connectivity index (χ1) is 14.7.